The summed E-state index contributed by atoms with van der Waals surface area (Å²) in [7, 11) is 2.08. The van der Waals surface area contributed by atoms with Crippen LogP contribution in [0.25, 0.3) is 10.9 Å². The van der Waals surface area contributed by atoms with Crippen molar-refractivity contribution in [1.29, 1.82) is 0 Å². The molecule has 1 aliphatic rings. The first-order chi connectivity index (χ1) is 15.1. The van der Waals surface area contributed by atoms with Gasteiger partial charge < -0.3 is 14.3 Å². The Labute approximate surface area is 185 Å². The zero-order chi connectivity index (χ0) is 21.4. The number of nitrogens with one attached hydrogen (secondary N) is 1. The van der Waals surface area contributed by atoms with Gasteiger partial charge in [-0.15, -0.1) is 11.3 Å². The molecular weight excluding hydrogens is 406 g/mol. The van der Waals surface area contributed by atoms with Crippen LogP contribution >= 0.6 is 11.3 Å². The van der Waals surface area contributed by atoms with Gasteiger partial charge in [0, 0.05) is 40.3 Å². The number of amides is 1. The van der Waals surface area contributed by atoms with Crippen LogP contribution in [-0.4, -0.2) is 16.7 Å². The molecule has 1 N–H and O–H groups in total. The molecule has 0 saturated carbocycles. The maximum Gasteiger partial charge on any atom is 0.255 e. The van der Waals surface area contributed by atoms with E-state index < -0.39 is 0 Å². The van der Waals surface area contributed by atoms with E-state index in [-0.39, 0.29) is 5.91 Å². The Morgan fingerprint density at radius 2 is 2.06 bits per heavy atom. The standard InChI is InChI=1S/C25H25N3O2S/c1-16-20(18-9-3-5-11-21(18)28(16)2)15-27-25-23(19-10-4-6-12-22(19)31-25)24(29)26-14-17-8-7-13-30-17/h3,5,7-9,11,13,15H,4,6,10,12,14H2,1-2H3,(H,26,29). The molecule has 3 aromatic heterocycles. The fourth-order valence-electron chi connectivity index (χ4n) is 4.38. The molecule has 4 aromatic rings. The molecule has 0 bridgehead atoms. The number of nitrogens with zero attached hydrogens (tertiary/aromatic N) is 2. The van der Waals surface area contributed by atoms with Crippen LogP contribution in [-0.2, 0) is 26.4 Å². The van der Waals surface area contributed by atoms with Gasteiger partial charge in [0.05, 0.1) is 18.4 Å². The lowest BCUT2D eigenvalue weighted by molar-refractivity contribution is 0.0948. The molecule has 1 aliphatic carbocycles. The highest BCUT2D eigenvalue weighted by atomic mass is 32.1. The van der Waals surface area contributed by atoms with Gasteiger partial charge in [-0.2, -0.15) is 0 Å². The number of para-hydroxylation sites is 1. The minimum absolute atomic E-state index is 0.0717. The second-order valence-corrected chi connectivity index (χ2v) is 9.07. The summed E-state index contributed by atoms with van der Waals surface area (Å²) in [5.41, 5.74) is 5.36. The summed E-state index contributed by atoms with van der Waals surface area (Å²) >= 11 is 1.66. The summed E-state index contributed by atoms with van der Waals surface area (Å²) in [6.07, 6.45) is 7.81. The van der Waals surface area contributed by atoms with Gasteiger partial charge in [-0.1, -0.05) is 18.2 Å². The van der Waals surface area contributed by atoms with Gasteiger partial charge in [0.1, 0.15) is 10.8 Å². The topological polar surface area (TPSA) is 59.5 Å². The molecule has 0 radical (unpaired) electrons. The molecule has 0 aliphatic heterocycles. The molecule has 158 valence electrons. The molecule has 0 spiro atoms. The fourth-order valence-corrected chi connectivity index (χ4v) is 5.61. The van der Waals surface area contributed by atoms with Gasteiger partial charge in [0.15, 0.2) is 0 Å². The normalized spacial score (nSPS) is 13.7. The van der Waals surface area contributed by atoms with Crippen LogP contribution in [0.3, 0.4) is 0 Å². The van der Waals surface area contributed by atoms with Crippen molar-refractivity contribution in [3.8, 4) is 0 Å². The van der Waals surface area contributed by atoms with Gasteiger partial charge in [-0.25, -0.2) is 4.99 Å². The van der Waals surface area contributed by atoms with Gasteiger partial charge in [-0.05, 0) is 56.4 Å². The highest BCUT2D eigenvalue weighted by Gasteiger charge is 2.25. The number of aliphatic imine (C=N–C) groups is 1. The van der Waals surface area contributed by atoms with Crippen LogP contribution in [0.15, 0.2) is 52.1 Å². The van der Waals surface area contributed by atoms with Gasteiger partial charge in [0.25, 0.3) is 5.91 Å². The monoisotopic (exact) mass is 431 g/mol. The first-order valence-corrected chi connectivity index (χ1v) is 11.5. The van der Waals surface area contributed by atoms with Crippen molar-refractivity contribution >= 4 is 39.4 Å². The Balaban J connectivity index is 1.51. The lowest BCUT2D eigenvalue weighted by Crippen LogP contribution is -2.23. The molecular formula is C25H25N3O2S. The van der Waals surface area contributed by atoms with Crippen LogP contribution in [0.2, 0.25) is 0 Å². The van der Waals surface area contributed by atoms with E-state index in [9.17, 15) is 4.79 Å². The number of furan rings is 1. The van der Waals surface area contributed by atoms with Crippen LogP contribution < -0.4 is 5.32 Å². The van der Waals surface area contributed by atoms with E-state index in [1.54, 1.807) is 17.6 Å². The number of fused-ring (bicyclic) bond motifs is 2. The minimum Gasteiger partial charge on any atom is -0.467 e. The molecule has 6 heteroatoms. The Bertz CT molecular complexity index is 1280. The molecule has 1 amide bonds. The van der Waals surface area contributed by atoms with E-state index in [2.05, 4.69) is 48.1 Å². The molecule has 0 fully saturated rings. The quantitative estimate of drug-likeness (QED) is 0.412. The SMILES string of the molecule is Cc1c(C=Nc2sc3c(c2C(=O)NCc2ccco2)CCCC3)c2ccccc2n1C. The van der Waals surface area contributed by atoms with Crippen LogP contribution in [0.5, 0.6) is 0 Å². The number of carbonyl (C=O) groups excluding carboxylic acids is 1. The van der Waals surface area contributed by atoms with Crippen LogP contribution in [0.1, 0.15) is 50.7 Å². The minimum atomic E-state index is -0.0717. The zero-order valence-corrected chi connectivity index (χ0v) is 18.6. The number of benzene rings is 1. The summed E-state index contributed by atoms with van der Waals surface area (Å²) < 4.78 is 7.55. The smallest absolute Gasteiger partial charge is 0.255 e. The summed E-state index contributed by atoms with van der Waals surface area (Å²) in [6, 6.07) is 12.0. The summed E-state index contributed by atoms with van der Waals surface area (Å²) in [4.78, 5) is 19.3. The molecule has 1 aromatic carbocycles. The number of rotatable bonds is 5. The van der Waals surface area contributed by atoms with Crippen molar-refractivity contribution in [2.45, 2.75) is 39.2 Å². The van der Waals surface area contributed by atoms with E-state index in [0.29, 0.717) is 6.54 Å². The van der Waals surface area contributed by atoms with Crippen molar-refractivity contribution in [3.05, 3.63) is 75.7 Å². The van der Waals surface area contributed by atoms with Crippen LogP contribution in [0, 0.1) is 6.92 Å². The van der Waals surface area contributed by atoms with E-state index in [1.807, 2.05) is 18.3 Å². The predicted molar refractivity (Wildman–Crippen MR) is 126 cm³/mol. The second kappa shape index (κ2) is 8.19. The molecule has 5 nitrogen and oxygen atoms in total. The van der Waals surface area contributed by atoms with Crippen LogP contribution in [0.4, 0.5) is 5.00 Å². The third-order valence-electron chi connectivity index (χ3n) is 6.14. The van der Waals surface area contributed by atoms with Crippen molar-refractivity contribution < 1.29 is 9.21 Å². The zero-order valence-electron chi connectivity index (χ0n) is 17.8. The third-order valence-corrected chi connectivity index (χ3v) is 7.34. The van der Waals surface area contributed by atoms with Gasteiger partial charge >= 0.3 is 0 Å². The second-order valence-electron chi connectivity index (χ2n) is 7.99. The molecule has 0 saturated heterocycles. The first kappa shape index (κ1) is 19.8. The summed E-state index contributed by atoms with van der Waals surface area (Å²) in [6.45, 7) is 2.49. The third kappa shape index (κ3) is 3.61. The van der Waals surface area contributed by atoms with Crippen molar-refractivity contribution in [2.24, 2.45) is 12.0 Å². The molecule has 31 heavy (non-hydrogen) atoms. The number of hydrogen-bond donors (Lipinski definition) is 1. The number of carbonyl (C=O) groups is 1. The van der Waals surface area contributed by atoms with E-state index in [0.717, 1.165) is 46.8 Å². The van der Waals surface area contributed by atoms with E-state index in [1.165, 1.54) is 27.8 Å². The van der Waals surface area contributed by atoms with Crippen molar-refractivity contribution in [2.75, 3.05) is 0 Å². The highest BCUT2D eigenvalue weighted by Crippen LogP contribution is 2.40. The highest BCUT2D eigenvalue weighted by molar-refractivity contribution is 7.16. The Morgan fingerprint density at radius 3 is 2.90 bits per heavy atom. The summed E-state index contributed by atoms with van der Waals surface area (Å²) in [5.74, 6) is 0.673. The van der Waals surface area contributed by atoms with E-state index >= 15 is 0 Å². The lowest BCUT2D eigenvalue weighted by atomic mass is 9.95. The Kier molecular flexibility index (Phi) is 5.24. The van der Waals surface area contributed by atoms with Crippen molar-refractivity contribution in [1.82, 2.24) is 9.88 Å². The van der Waals surface area contributed by atoms with Gasteiger partial charge in [-0.3, -0.25) is 4.79 Å². The fraction of sp³-hybridized carbons (Fsp3) is 0.280. The molecule has 5 rings (SSSR count). The molecule has 0 unspecified atom stereocenters. The maximum atomic E-state index is 13.2. The average molecular weight is 432 g/mol. The van der Waals surface area contributed by atoms with Gasteiger partial charge in [0.2, 0.25) is 0 Å². The number of thiophene rings is 1. The Morgan fingerprint density at radius 1 is 1.23 bits per heavy atom. The molecule has 0 atom stereocenters. The first-order valence-electron chi connectivity index (χ1n) is 10.7. The van der Waals surface area contributed by atoms with E-state index in [4.69, 9.17) is 9.41 Å². The summed E-state index contributed by atoms with van der Waals surface area (Å²) in [5, 5.41) is 5.00. The predicted octanol–water partition coefficient (Wildman–Crippen LogP) is 5.70. The maximum absolute atomic E-state index is 13.2. The van der Waals surface area contributed by atoms with Crippen molar-refractivity contribution in [3.63, 3.8) is 0 Å². The molecule has 3 heterocycles. The average Bonchev–Trinajstić information content (AvgIpc) is 3.49. The number of aryl methyl sites for hydroxylation is 2. The lowest BCUT2D eigenvalue weighted by Gasteiger charge is -2.12. The largest absolute Gasteiger partial charge is 0.467 e. The number of hydrogen-bond acceptors (Lipinski definition) is 4. The Hall–Kier alpha value is -3.12. The number of aromatic nitrogens is 1.